The third-order valence-electron chi connectivity index (χ3n) is 3.89. The molecule has 0 aliphatic rings. The van der Waals surface area contributed by atoms with E-state index in [1.165, 1.54) is 19.2 Å². The fourth-order valence-electron chi connectivity index (χ4n) is 2.64. The summed E-state index contributed by atoms with van der Waals surface area (Å²) in [4.78, 5) is 11.9. The van der Waals surface area contributed by atoms with Crippen molar-refractivity contribution < 1.29 is 22.7 Å². The minimum Gasteiger partial charge on any atom is -0.465 e. The topological polar surface area (TPSA) is 68.5 Å². The van der Waals surface area contributed by atoms with Crippen molar-refractivity contribution in [2.75, 3.05) is 7.11 Å². The van der Waals surface area contributed by atoms with Crippen LogP contribution in [0.25, 0.3) is 16.9 Å². The Labute approximate surface area is 152 Å². The van der Waals surface area contributed by atoms with Crippen LogP contribution in [0.1, 0.15) is 15.9 Å². The maximum atomic E-state index is 13.2. The third-order valence-corrected chi connectivity index (χ3v) is 4.47. The Morgan fingerprint density at radius 1 is 1.15 bits per heavy atom. The molecule has 3 rings (SSSR count). The number of carbonyl (C=O) groups is 1. The van der Waals surface area contributed by atoms with Crippen molar-refractivity contribution in [1.29, 1.82) is 0 Å². The number of halogens is 1. The van der Waals surface area contributed by atoms with Gasteiger partial charge in [0.2, 0.25) is 0 Å². The molecule has 7 heteroatoms. The average molecular weight is 373 g/mol. The summed E-state index contributed by atoms with van der Waals surface area (Å²) in [6.45, 7) is 0. The lowest BCUT2D eigenvalue weighted by molar-refractivity contribution is 0.0601. The number of esters is 1. The number of carbonyl (C=O) groups excluding carboxylic acids is 1. The van der Waals surface area contributed by atoms with Crippen LogP contribution < -0.4 is 0 Å². The largest absolute Gasteiger partial charge is 0.465 e. The fourth-order valence-corrected chi connectivity index (χ4v) is 3.12. The second kappa shape index (κ2) is 7.63. The fraction of sp³-hybridized carbons (Fsp3) is 0.105. The van der Waals surface area contributed by atoms with E-state index in [9.17, 15) is 13.4 Å². The molecule has 0 bridgehead atoms. The number of nitrogens with zero attached hydrogens (tertiary/aromatic N) is 1. The van der Waals surface area contributed by atoms with E-state index >= 15 is 0 Å². The molecule has 1 N–H and O–H groups in total. The summed E-state index contributed by atoms with van der Waals surface area (Å²) in [7, 11) is 1.31. The molecule has 0 radical (unpaired) electrons. The van der Waals surface area contributed by atoms with Crippen LogP contribution in [0.3, 0.4) is 0 Å². The molecule has 1 atom stereocenters. The number of hydrogen-bond donors (Lipinski definition) is 1. The summed E-state index contributed by atoms with van der Waals surface area (Å²) in [5, 5.41) is 0. The van der Waals surface area contributed by atoms with Crippen LogP contribution in [0.2, 0.25) is 0 Å². The molecule has 2 aromatic carbocycles. The van der Waals surface area contributed by atoms with Gasteiger partial charge in [0.25, 0.3) is 0 Å². The van der Waals surface area contributed by atoms with Crippen molar-refractivity contribution in [3.8, 4) is 16.9 Å². The normalized spacial score (nSPS) is 12.0. The summed E-state index contributed by atoms with van der Waals surface area (Å²) in [6.07, 6.45) is 1.63. The highest BCUT2D eigenvalue weighted by Gasteiger charge is 2.15. The minimum atomic E-state index is -1.91. The smallest absolute Gasteiger partial charge is 0.339 e. The molecule has 1 aromatic heterocycles. The van der Waals surface area contributed by atoms with Gasteiger partial charge in [0, 0.05) is 11.9 Å². The Balaban J connectivity index is 2.07. The number of hydrogen-bond acceptors (Lipinski definition) is 3. The van der Waals surface area contributed by atoms with E-state index in [-0.39, 0.29) is 11.6 Å². The van der Waals surface area contributed by atoms with Crippen LogP contribution in [0.4, 0.5) is 4.39 Å². The highest BCUT2D eigenvalue weighted by Crippen LogP contribution is 2.27. The summed E-state index contributed by atoms with van der Waals surface area (Å²) in [6, 6.07) is 14.7. The molecular weight excluding hydrogens is 357 g/mol. The molecule has 5 nitrogen and oxygen atoms in total. The Morgan fingerprint density at radius 2 is 1.81 bits per heavy atom. The number of aromatic nitrogens is 1. The van der Waals surface area contributed by atoms with E-state index in [0.29, 0.717) is 16.9 Å². The Morgan fingerprint density at radius 3 is 2.38 bits per heavy atom. The molecule has 0 aliphatic heterocycles. The van der Waals surface area contributed by atoms with E-state index in [1.54, 1.807) is 53.2 Å². The van der Waals surface area contributed by atoms with E-state index in [1.807, 2.05) is 0 Å². The monoisotopic (exact) mass is 373 g/mol. The quantitative estimate of drug-likeness (QED) is 0.546. The zero-order valence-corrected chi connectivity index (χ0v) is 14.7. The van der Waals surface area contributed by atoms with Gasteiger partial charge in [-0.05, 0) is 41.5 Å². The first-order valence-electron chi connectivity index (χ1n) is 7.71. The molecule has 0 amide bonds. The second-order valence-electron chi connectivity index (χ2n) is 5.61. The lowest BCUT2D eigenvalue weighted by Gasteiger charge is -2.10. The van der Waals surface area contributed by atoms with Gasteiger partial charge in [0.05, 0.1) is 24.1 Å². The van der Waals surface area contributed by atoms with Gasteiger partial charge in [-0.2, -0.15) is 0 Å². The van der Waals surface area contributed by atoms with Gasteiger partial charge in [-0.3, -0.25) is 0 Å². The first-order chi connectivity index (χ1) is 12.5. The molecule has 0 spiro atoms. The predicted octanol–water partition coefficient (Wildman–Crippen LogP) is 3.79. The SMILES string of the molecule is COC(=O)c1cc(-c2ccc(CS(=O)O)cc2)n(-c2ccc(F)cc2)c1. The van der Waals surface area contributed by atoms with Crippen molar-refractivity contribution >= 4 is 17.0 Å². The van der Waals surface area contributed by atoms with Gasteiger partial charge in [0.1, 0.15) is 5.82 Å². The molecule has 26 heavy (non-hydrogen) atoms. The van der Waals surface area contributed by atoms with Gasteiger partial charge in [-0.25, -0.2) is 13.4 Å². The van der Waals surface area contributed by atoms with Crippen molar-refractivity contribution in [2.24, 2.45) is 0 Å². The molecule has 0 saturated heterocycles. The van der Waals surface area contributed by atoms with E-state index < -0.39 is 17.0 Å². The lowest BCUT2D eigenvalue weighted by Crippen LogP contribution is -1.99. The van der Waals surface area contributed by atoms with Gasteiger partial charge in [-0.15, -0.1) is 0 Å². The van der Waals surface area contributed by atoms with Crippen molar-refractivity contribution in [3.05, 3.63) is 77.7 Å². The first-order valence-corrected chi connectivity index (χ1v) is 8.99. The number of benzene rings is 2. The second-order valence-corrected chi connectivity index (χ2v) is 6.55. The Kier molecular flexibility index (Phi) is 5.29. The number of ether oxygens (including phenoxy) is 1. The highest BCUT2D eigenvalue weighted by atomic mass is 32.2. The maximum absolute atomic E-state index is 13.2. The van der Waals surface area contributed by atoms with Gasteiger partial charge in [-0.1, -0.05) is 24.3 Å². The zero-order valence-electron chi connectivity index (χ0n) is 13.9. The van der Waals surface area contributed by atoms with Crippen LogP contribution in [0.5, 0.6) is 0 Å². The van der Waals surface area contributed by atoms with Gasteiger partial charge < -0.3 is 13.9 Å². The van der Waals surface area contributed by atoms with Gasteiger partial charge in [0.15, 0.2) is 11.1 Å². The highest BCUT2D eigenvalue weighted by molar-refractivity contribution is 7.78. The Bertz CT molecular complexity index is 949. The van der Waals surface area contributed by atoms with Crippen molar-refractivity contribution in [2.45, 2.75) is 5.75 Å². The van der Waals surface area contributed by atoms with Crippen LogP contribution in [0, 0.1) is 5.82 Å². The van der Waals surface area contributed by atoms with Gasteiger partial charge >= 0.3 is 5.97 Å². The summed E-state index contributed by atoms with van der Waals surface area (Å²) >= 11 is -1.91. The lowest BCUT2D eigenvalue weighted by atomic mass is 10.1. The van der Waals surface area contributed by atoms with Crippen molar-refractivity contribution in [3.63, 3.8) is 0 Å². The average Bonchev–Trinajstić information content (AvgIpc) is 3.07. The van der Waals surface area contributed by atoms with E-state index in [2.05, 4.69) is 0 Å². The maximum Gasteiger partial charge on any atom is 0.339 e. The first kappa shape index (κ1) is 18.0. The van der Waals surface area contributed by atoms with Crippen LogP contribution in [0.15, 0.2) is 60.8 Å². The predicted molar refractivity (Wildman–Crippen MR) is 97.0 cm³/mol. The summed E-state index contributed by atoms with van der Waals surface area (Å²) in [5.41, 5.74) is 3.30. The number of rotatable bonds is 5. The summed E-state index contributed by atoms with van der Waals surface area (Å²) in [5.74, 6) is -0.774. The van der Waals surface area contributed by atoms with Crippen LogP contribution >= 0.6 is 0 Å². The summed E-state index contributed by atoms with van der Waals surface area (Å²) < 4.78 is 39.7. The molecule has 134 valence electrons. The molecule has 0 aliphatic carbocycles. The van der Waals surface area contributed by atoms with E-state index in [4.69, 9.17) is 9.29 Å². The third kappa shape index (κ3) is 3.89. The van der Waals surface area contributed by atoms with E-state index in [0.717, 1.165) is 11.1 Å². The molecule has 3 aromatic rings. The molecular formula is C19H16FNO4S. The standard InChI is InChI=1S/C19H16FNO4S/c1-25-19(22)15-10-18(14-4-2-13(3-5-14)12-26(23)24)21(11-15)17-8-6-16(20)7-9-17/h2-11H,12H2,1H3,(H,23,24). The molecule has 1 unspecified atom stereocenters. The molecule has 1 heterocycles. The zero-order chi connectivity index (χ0) is 18.7. The van der Waals surface area contributed by atoms with Crippen LogP contribution in [-0.2, 0) is 21.6 Å². The Hall–Kier alpha value is -2.77. The molecule has 0 saturated carbocycles. The number of methoxy groups -OCH3 is 1. The minimum absolute atomic E-state index is 0.0483. The van der Waals surface area contributed by atoms with Crippen molar-refractivity contribution in [1.82, 2.24) is 4.57 Å². The molecule has 0 fully saturated rings. The van der Waals surface area contributed by atoms with Crippen LogP contribution in [-0.4, -0.2) is 26.4 Å².